The maximum absolute atomic E-state index is 13.6. The number of nitrogens with zero attached hydrogens (tertiary/aromatic N) is 6. The number of ether oxygens (including phenoxy) is 1. The zero-order valence-corrected chi connectivity index (χ0v) is 25.8. The number of likely N-dealkylation sites (tertiary alicyclic amines) is 1. The third kappa shape index (κ3) is 5.35. The van der Waals surface area contributed by atoms with Crippen molar-refractivity contribution in [3.05, 3.63) is 35.9 Å². The van der Waals surface area contributed by atoms with Gasteiger partial charge in [0.1, 0.15) is 22.7 Å². The Morgan fingerprint density at radius 2 is 1.77 bits per heavy atom. The predicted molar refractivity (Wildman–Crippen MR) is 167 cm³/mol. The van der Waals surface area contributed by atoms with Crippen LogP contribution >= 0.6 is 0 Å². The number of imidazole rings is 1. The van der Waals surface area contributed by atoms with E-state index >= 15 is 0 Å². The van der Waals surface area contributed by atoms with Crippen molar-refractivity contribution in [1.29, 1.82) is 0 Å². The third-order valence-electron chi connectivity index (χ3n) is 9.07. The SMILES string of the molecule is COc1cc(C(=O)N2CCC[C@@H](N)C2)cc2nc(-c3cc4ccc(N(C)S(C)(=O)=O)nc4n3CC3CC3)n(CC3CC3)c12. The highest BCUT2D eigenvalue weighted by Gasteiger charge is 2.31. The average molecular weight is 606 g/mol. The van der Waals surface area contributed by atoms with Crippen LogP contribution in [-0.4, -0.2) is 77.9 Å². The van der Waals surface area contributed by atoms with Gasteiger partial charge in [0, 0.05) is 50.2 Å². The monoisotopic (exact) mass is 605 g/mol. The molecule has 7 rings (SSSR count). The Labute approximate surface area is 251 Å². The van der Waals surface area contributed by atoms with Crippen LogP contribution in [0.5, 0.6) is 5.75 Å². The number of hydrogen-bond acceptors (Lipinski definition) is 7. The molecule has 0 unspecified atom stereocenters. The highest BCUT2D eigenvalue weighted by molar-refractivity contribution is 7.92. The van der Waals surface area contributed by atoms with E-state index in [-0.39, 0.29) is 11.9 Å². The van der Waals surface area contributed by atoms with E-state index in [0.717, 1.165) is 66.8 Å². The predicted octanol–water partition coefficient (Wildman–Crippen LogP) is 3.84. The van der Waals surface area contributed by atoms with E-state index in [1.54, 1.807) is 13.2 Å². The highest BCUT2D eigenvalue weighted by Crippen LogP contribution is 2.41. The summed E-state index contributed by atoms with van der Waals surface area (Å²) < 4.78 is 36.2. The second-order valence-electron chi connectivity index (χ2n) is 12.6. The standard InChI is InChI=1S/C31H39N7O4S/c1-35(43(3,40)41)27-11-10-21-14-25(37(29(21)34-27)16-19-6-7-19)30-33-24-13-22(31(39)36-12-4-5-23(32)18-36)15-26(42-2)28(24)38(30)17-20-8-9-20/h10-11,13-15,19-20,23H,4-9,12,16-18,32H2,1-3H3/t23-/m1/s1. The van der Waals surface area contributed by atoms with E-state index < -0.39 is 10.0 Å². The zero-order chi connectivity index (χ0) is 30.0. The molecule has 1 amide bonds. The number of sulfonamides is 1. The summed E-state index contributed by atoms with van der Waals surface area (Å²) in [5, 5.41) is 0.926. The van der Waals surface area contributed by atoms with Crippen molar-refractivity contribution in [2.45, 2.75) is 57.7 Å². The molecule has 0 bridgehead atoms. The zero-order valence-electron chi connectivity index (χ0n) is 25.0. The average Bonchev–Trinajstić information content (AvgIpc) is 3.91. The first-order valence-corrected chi connectivity index (χ1v) is 17.0. The van der Waals surface area contributed by atoms with Crippen LogP contribution in [0, 0.1) is 11.8 Å². The van der Waals surface area contributed by atoms with Gasteiger partial charge >= 0.3 is 0 Å². The normalized spacial score (nSPS) is 19.3. The number of carbonyl (C=O) groups is 1. The number of hydrogen-bond donors (Lipinski definition) is 1. The van der Waals surface area contributed by atoms with Gasteiger partial charge in [-0.1, -0.05) is 0 Å². The van der Waals surface area contributed by atoms with Crippen LogP contribution in [0.2, 0.25) is 0 Å². The largest absolute Gasteiger partial charge is 0.494 e. The summed E-state index contributed by atoms with van der Waals surface area (Å²) in [4.78, 5) is 25.4. The third-order valence-corrected chi connectivity index (χ3v) is 10.3. The molecule has 228 valence electrons. The second-order valence-corrected chi connectivity index (χ2v) is 14.6. The summed E-state index contributed by atoms with van der Waals surface area (Å²) in [5.41, 5.74) is 10.0. The molecule has 1 atom stereocenters. The molecule has 3 fully saturated rings. The summed E-state index contributed by atoms with van der Waals surface area (Å²) >= 11 is 0. The Bertz CT molecular complexity index is 1840. The van der Waals surface area contributed by atoms with Gasteiger partial charge in [-0.15, -0.1) is 0 Å². The van der Waals surface area contributed by atoms with E-state index in [9.17, 15) is 13.2 Å². The molecule has 3 aromatic heterocycles. The number of amides is 1. The van der Waals surface area contributed by atoms with Crippen LogP contribution in [0.25, 0.3) is 33.6 Å². The van der Waals surface area contributed by atoms with E-state index in [4.69, 9.17) is 20.4 Å². The summed E-state index contributed by atoms with van der Waals surface area (Å²) in [6.07, 6.45) is 7.65. The van der Waals surface area contributed by atoms with Crippen LogP contribution in [0.3, 0.4) is 0 Å². The van der Waals surface area contributed by atoms with Gasteiger partial charge in [0.2, 0.25) is 10.0 Å². The smallest absolute Gasteiger partial charge is 0.254 e. The Morgan fingerprint density at radius 3 is 2.42 bits per heavy atom. The fourth-order valence-corrected chi connectivity index (χ4v) is 6.65. The first-order valence-electron chi connectivity index (χ1n) is 15.2. The molecule has 43 heavy (non-hydrogen) atoms. The van der Waals surface area contributed by atoms with Gasteiger partial charge in [0.15, 0.2) is 5.82 Å². The van der Waals surface area contributed by atoms with Gasteiger partial charge < -0.3 is 24.5 Å². The van der Waals surface area contributed by atoms with Crippen LogP contribution < -0.4 is 14.8 Å². The molecule has 3 aliphatic rings. The van der Waals surface area contributed by atoms with E-state index in [0.29, 0.717) is 47.6 Å². The van der Waals surface area contributed by atoms with Crippen molar-refractivity contribution in [3.8, 4) is 17.3 Å². The number of rotatable bonds is 9. The van der Waals surface area contributed by atoms with E-state index in [1.165, 1.54) is 30.5 Å². The second kappa shape index (κ2) is 10.5. The molecule has 2 N–H and O–H groups in total. The molecule has 4 heterocycles. The number of carbonyl (C=O) groups excluding carboxylic acids is 1. The van der Waals surface area contributed by atoms with Crippen molar-refractivity contribution in [1.82, 2.24) is 24.0 Å². The molecule has 2 aliphatic carbocycles. The summed E-state index contributed by atoms with van der Waals surface area (Å²) in [5.74, 6) is 2.87. The number of methoxy groups -OCH3 is 1. The fourth-order valence-electron chi connectivity index (χ4n) is 6.21. The molecule has 0 spiro atoms. The quantitative estimate of drug-likeness (QED) is 0.307. The van der Waals surface area contributed by atoms with Gasteiger partial charge in [-0.3, -0.25) is 9.10 Å². The Morgan fingerprint density at radius 1 is 1.05 bits per heavy atom. The van der Waals surface area contributed by atoms with Crippen molar-refractivity contribution in [3.63, 3.8) is 0 Å². The van der Waals surface area contributed by atoms with Crippen molar-refractivity contribution in [2.75, 3.05) is 37.8 Å². The van der Waals surface area contributed by atoms with Crippen LogP contribution in [-0.2, 0) is 23.1 Å². The summed E-state index contributed by atoms with van der Waals surface area (Å²) in [6.45, 7) is 2.82. The Kier molecular flexibility index (Phi) is 6.88. The molecule has 1 aromatic carbocycles. The van der Waals surface area contributed by atoms with E-state index in [2.05, 4.69) is 15.2 Å². The van der Waals surface area contributed by atoms with Crippen molar-refractivity contribution >= 4 is 43.8 Å². The Balaban J connectivity index is 1.39. The molecule has 1 saturated heterocycles. The lowest BCUT2D eigenvalue weighted by Crippen LogP contribution is -2.45. The minimum Gasteiger partial charge on any atom is -0.494 e. The lowest BCUT2D eigenvalue weighted by molar-refractivity contribution is 0.0708. The summed E-state index contributed by atoms with van der Waals surface area (Å²) in [7, 11) is -0.296. The van der Waals surface area contributed by atoms with Crippen LogP contribution in [0.4, 0.5) is 5.82 Å². The molecule has 12 heteroatoms. The number of fused-ring (bicyclic) bond motifs is 2. The molecule has 1 aliphatic heterocycles. The Hall–Kier alpha value is -3.64. The van der Waals surface area contributed by atoms with Crippen LogP contribution in [0.1, 0.15) is 48.9 Å². The van der Waals surface area contributed by atoms with Gasteiger partial charge in [-0.05, 0) is 80.7 Å². The van der Waals surface area contributed by atoms with Crippen molar-refractivity contribution in [2.24, 2.45) is 17.6 Å². The van der Waals surface area contributed by atoms with Gasteiger partial charge in [0.05, 0.1) is 24.6 Å². The highest BCUT2D eigenvalue weighted by atomic mass is 32.2. The van der Waals surface area contributed by atoms with Crippen LogP contribution in [0.15, 0.2) is 30.3 Å². The number of piperidine rings is 1. The lowest BCUT2D eigenvalue weighted by atomic mass is 10.0. The molecular weight excluding hydrogens is 566 g/mol. The topological polar surface area (TPSA) is 129 Å². The minimum absolute atomic E-state index is 0.00702. The molecule has 0 radical (unpaired) electrons. The number of nitrogens with two attached hydrogens (primary N) is 1. The molecule has 4 aromatic rings. The van der Waals surface area contributed by atoms with Crippen molar-refractivity contribution < 1.29 is 17.9 Å². The minimum atomic E-state index is -3.46. The molecule has 11 nitrogen and oxygen atoms in total. The number of pyridine rings is 1. The van der Waals surface area contributed by atoms with Gasteiger partial charge in [-0.25, -0.2) is 18.4 Å². The van der Waals surface area contributed by atoms with E-state index in [1.807, 2.05) is 23.1 Å². The molecule has 2 saturated carbocycles. The maximum atomic E-state index is 13.6. The first-order chi connectivity index (χ1) is 20.6. The van der Waals surface area contributed by atoms with Gasteiger partial charge in [-0.2, -0.15) is 0 Å². The first kappa shape index (κ1) is 28.1. The number of anilines is 1. The molecular formula is C31H39N7O4S. The fraction of sp³-hybridized carbons (Fsp3) is 0.516. The summed E-state index contributed by atoms with van der Waals surface area (Å²) in [6, 6.07) is 9.50. The number of benzene rings is 1. The number of aromatic nitrogens is 4. The lowest BCUT2D eigenvalue weighted by Gasteiger charge is -2.30. The maximum Gasteiger partial charge on any atom is 0.254 e. The van der Waals surface area contributed by atoms with Gasteiger partial charge in [0.25, 0.3) is 5.91 Å².